The SMILES string of the molecule is COC(=O)CCC(C)C1CC=C2C3=CCC4CC(OC(=O)OC)CCC4(C)C3CC(=O)C21C. The first-order valence-corrected chi connectivity index (χ1v) is 12.4. The van der Waals surface area contributed by atoms with E-state index in [-0.39, 0.29) is 35.2 Å². The molecule has 6 nitrogen and oxygen atoms in total. The average Bonchev–Trinajstić information content (AvgIpc) is 3.16. The molecule has 0 aromatic carbocycles. The molecule has 2 saturated carbocycles. The molecule has 4 rings (SSSR count). The first-order valence-electron chi connectivity index (χ1n) is 12.4. The predicted molar refractivity (Wildman–Crippen MR) is 123 cm³/mol. The van der Waals surface area contributed by atoms with E-state index >= 15 is 0 Å². The van der Waals surface area contributed by atoms with Crippen LogP contribution in [-0.4, -0.2) is 38.2 Å². The highest BCUT2D eigenvalue weighted by molar-refractivity contribution is 5.93. The molecule has 0 spiro atoms. The van der Waals surface area contributed by atoms with E-state index < -0.39 is 11.6 Å². The number of esters is 1. The smallest absolute Gasteiger partial charge is 0.469 e. The molecule has 2 fully saturated rings. The monoisotopic (exact) mass is 458 g/mol. The van der Waals surface area contributed by atoms with Crippen molar-refractivity contribution < 1.29 is 28.6 Å². The average molecular weight is 459 g/mol. The van der Waals surface area contributed by atoms with Gasteiger partial charge in [-0.15, -0.1) is 0 Å². The minimum atomic E-state index is -0.609. The number of rotatable bonds is 5. The third kappa shape index (κ3) is 3.93. The van der Waals surface area contributed by atoms with Crippen LogP contribution in [-0.2, 0) is 23.8 Å². The summed E-state index contributed by atoms with van der Waals surface area (Å²) < 4.78 is 15.0. The number of ether oxygens (including phenoxy) is 3. The van der Waals surface area contributed by atoms with Gasteiger partial charge in [-0.25, -0.2) is 4.79 Å². The lowest BCUT2D eigenvalue weighted by atomic mass is 9.48. The second-order valence-electron chi connectivity index (χ2n) is 11.0. The van der Waals surface area contributed by atoms with Gasteiger partial charge < -0.3 is 14.2 Å². The summed E-state index contributed by atoms with van der Waals surface area (Å²) in [6, 6.07) is 0. The molecule has 4 aliphatic carbocycles. The zero-order valence-corrected chi connectivity index (χ0v) is 20.6. The number of carbonyl (C=O) groups is 3. The van der Waals surface area contributed by atoms with Gasteiger partial charge in [0.2, 0.25) is 0 Å². The molecule has 4 aliphatic rings. The number of hydrogen-bond donors (Lipinski definition) is 0. The van der Waals surface area contributed by atoms with Crippen molar-refractivity contribution in [2.75, 3.05) is 14.2 Å². The first kappa shape index (κ1) is 24.0. The van der Waals surface area contributed by atoms with Crippen molar-refractivity contribution in [3.63, 3.8) is 0 Å². The van der Waals surface area contributed by atoms with E-state index in [4.69, 9.17) is 9.47 Å². The lowest BCUT2D eigenvalue weighted by Crippen LogP contribution is -2.51. The third-order valence-corrected chi connectivity index (χ3v) is 9.58. The van der Waals surface area contributed by atoms with Crippen LogP contribution in [0.3, 0.4) is 0 Å². The Balaban J connectivity index is 1.54. The summed E-state index contributed by atoms with van der Waals surface area (Å²) >= 11 is 0. The van der Waals surface area contributed by atoms with Gasteiger partial charge in [0.1, 0.15) is 11.9 Å². The van der Waals surface area contributed by atoms with Gasteiger partial charge in [-0.05, 0) is 85.7 Å². The number of allylic oxidation sites excluding steroid dienone is 4. The Morgan fingerprint density at radius 3 is 2.61 bits per heavy atom. The van der Waals surface area contributed by atoms with Crippen LogP contribution in [0.2, 0.25) is 0 Å². The fourth-order valence-electron chi connectivity index (χ4n) is 7.42. The Labute approximate surface area is 197 Å². The number of hydrogen-bond acceptors (Lipinski definition) is 6. The Morgan fingerprint density at radius 2 is 1.91 bits per heavy atom. The molecule has 182 valence electrons. The number of fused-ring (bicyclic) bond motifs is 5. The van der Waals surface area contributed by atoms with Crippen LogP contribution in [0.15, 0.2) is 23.3 Å². The van der Waals surface area contributed by atoms with E-state index in [1.807, 2.05) is 0 Å². The highest BCUT2D eigenvalue weighted by Gasteiger charge is 2.59. The van der Waals surface area contributed by atoms with Crippen molar-refractivity contribution in [1.82, 2.24) is 0 Å². The Kier molecular flexibility index (Phi) is 6.49. The van der Waals surface area contributed by atoms with Crippen molar-refractivity contribution in [3.8, 4) is 0 Å². The van der Waals surface area contributed by atoms with Gasteiger partial charge >= 0.3 is 12.1 Å². The van der Waals surface area contributed by atoms with E-state index in [1.165, 1.54) is 25.4 Å². The molecule has 0 saturated heterocycles. The van der Waals surface area contributed by atoms with E-state index in [0.717, 1.165) is 38.5 Å². The highest BCUT2D eigenvalue weighted by atomic mass is 16.7. The molecule has 0 heterocycles. The molecule has 0 aromatic heterocycles. The molecule has 0 bridgehead atoms. The van der Waals surface area contributed by atoms with E-state index in [0.29, 0.717) is 24.5 Å². The third-order valence-electron chi connectivity index (χ3n) is 9.58. The summed E-state index contributed by atoms with van der Waals surface area (Å²) in [5.74, 6) is 1.27. The fraction of sp³-hybridized carbons (Fsp3) is 0.741. The predicted octanol–water partition coefficient (Wildman–Crippen LogP) is 5.41. The molecule has 33 heavy (non-hydrogen) atoms. The molecule has 7 atom stereocenters. The summed E-state index contributed by atoms with van der Waals surface area (Å²) in [4.78, 5) is 37.1. The maximum atomic E-state index is 13.8. The Bertz CT molecular complexity index is 887. The van der Waals surface area contributed by atoms with Crippen LogP contribution in [0.5, 0.6) is 0 Å². The lowest BCUT2D eigenvalue weighted by molar-refractivity contribution is -0.141. The van der Waals surface area contributed by atoms with E-state index in [2.05, 4.69) is 37.7 Å². The number of methoxy groups -OCH3 is 2. The van der Waals surface area contributed by atoms with E-state index in [9.17, 15) is 14.4 Å². The number of Topliss-reactive ketones (excluding diaryl/α,β-unsaturated/α-hetero) is 1. The molecule has 0 radical (unpaired) electrons. The molecule has 0 aliphatic heterocycles. The second-order valence-corrected chi connectivity index (χ2v) is 11.0. The van der Waals surface area contributed by atoms with Gasteiger partial charge in [0, 0.05) is 12.8 Å². The van der Waals surface area contributed by atoms with Gasteiger partial charge in [0.15, 0.2) is 0 Å². The minimum absolute atomic E-state index is 0.0342. The standard InChI is InChI=1S/C27H38O6/c1-16(6-11-24(29)31-4)20-9-10-21-19-8-7-17-14-18(33-25(30)32-5)12-13-26(17,2)22(19)15-23(28)27(20,21)3/h8,10,16-18,20,22H,6-7,9,11-15H2,1-5H3. The number of carbonyl (C=O) groups excluding carboxylic acids is 3. The van der Waals surface area contributed by atoms with E-state index in [1.54, 1.807) is 0 Å². The highest BCUT2D eigenvalue weighted by Crippen LogP contribution is 2.64. The molecular formula is C27H38O6. The zero-order chi connectivity index (χ0) is 24.0. The topological polar surface area (TPSA) is 78.9 Å². The van der Waals surface area contributed by atoms with Crippen molar-refractivity contribution in [3.05, 3.63) is 23.3 Å². The van der Waals surface area contributed by atoms with Crippen molar-refractivity contribution >= 4 is 17.9 Å². The van der Waals surface area contributed by atoms with Crippen LogP contribution in [0.4, 0.5) is 4.79 Å². The quantitative estimate of drug-likeness (QED) is 0.513. The fourth-order valence-corrected chi connectivity index (χ4v) is 7.42. The maximum Gasteiger partial charge on any atom is 0.508 e. The summed E-state index contributed by atoms with van der Waals surface area (Å²) in [5, 5.41) is 0. The summed E-state index contributed by atoms with van der Waals surface area (Å²) in [7, 11) is 2.77. The number of ketones is 1. The van der Waals surface area contributed by atoms with Gasteiger partial charge in [-0.3, -0.25) is 9.59 Å². The summed E-state index contributed by atoms with van der Waals surface area (Å²) in [6.45, 7) is 6.65. The van der Waals surface area contributed by atoms with Crippen LogP contribution in [0.25, 0.3) is 0 Å². The summed E-state index contributed by atoms with van der Waals surface area (Å²) in [6.07, 6.45) is 10.1. The van der Waals surface area contributed by atoms with Crippen molar-refractivity contribution in [1.29, 1.82) is 0 Å². The Hall–Kier alpha value is -2.11. The largest absolute Gasteiger partial charge is 0.508 e. The molecular weight excluding hydrogens is 420 g/mol. The van der Waals surface area contributed by atoms with Crippen LogP contribution < -0.4 is 0 Å². The molecule has 0 amide bonds. The van der Waals surface area contributed by atoms with Crippen LogP contribution in [0.1, 0.15) is 72.1 Å². The molecule has 7 unspecified atom stereocenters. The molecule has 6 heteroatoms. The van der Waals surface area contributed by atoms with Crippen molar-refractivity contribution in [2.45, 2.75) is 78.2 Å². The van der Waals surface area contributed by atoms with Crippen LogP contribution in [0, 0.1) is 34.5 Å². The lowest BCUT2D eigenvalue weighted by Gasteiger charge is -2.55. The zero-order valence-electron chi connectivity index (χ0n) is 20.6. The normalized spacial score (nSPS) is 38.2. The first-order chi connectivity index (χ1) is 15.6. The molecule has 0 aromatic rings. The van der Waals surface area contributed by atoms with Gasteiger partial charge in [-0.2, -0.15) is 0 Å². The molecule has 0 N–H and O–H groups in total. The maximum absolute atomic E-state index is 13.8. The second kappa shape index (κ2) is 8.92. The van der Waals surface area contributed by atoms with Gasteiger partial charge in [0.25, 0.3) is 0 Å². The van der Waals surface area contributed by atoms with Gasteiger partial charge in [-0.1, -0.05) is 26.0 Å². The Morgan fingerprint density at radius 1 is 1.15 bits per heavy atom. The summed E-state index contributed by atoms with van der Waals surface area (Å²) in [5.41, 5.74) is 2.19. The van der Waals surface area contributed by atoms with Gasteiger partial charge in [0.05, 0.1) is 19.6 Å². The van der Waals surface area contributed by atoms with Crippen LogP contribution >= 0.6 is 0 Å². The van der Waals surface area contributed by atoms with Crippen molar-refractivity contribution in [2.24, 2.45) is 34.5 Å². The minimum Gasteiger partial charge on any atom is -0.469 e.